The molecule has 0 aromatic heterocycles. The minimum Gasteiger partial charge on any atom is -0.496 e. The van der Waals surface area contributed by atoms with E-state index in [4.69, 9.17) is 9.47 Å². The third-order valence-corrected chi connectivity index (χ3v) is 6.67. The van der Waals surface area contributed by atoms with E-state index in [9.17, 15) is 13.2 Å². The Balaban J connectivity index is 1.90. The van der Waals surface area contributed by atoms with Gasteiger partial charge in [0.2, 0.25) is 10.0 Å². The molecule has 28 heavy (non-hydrogen) atoms. The second-order valence-electron chi connectivity index (χ2n) is 6.61. The summed E-state index contributed by atoms with van der Waals surface area (Å²) in [7, 11) is -0.554. The first-order valence-electron chi connectivity index (χ1n) is 9.01. The second kappa shape index (κ2) is 8.20. The van der Waals surface area contributed by atoms with Crippen LogP contribution >= 0.6 is 0 Å². The van der Waals surface area contributed by atoms with E-state index in [1.807, 2.05) is 6.92 Å². The number of nitrogens with one attached hydrogen (secondary N) is 1. The fourth-order valence-corrected chi connectivity index (χ4v) is 4.78. The van der Waals surface area contributed by atoms with Gasteiger partial charge in [-0.05, 0) is 61.7 Å². The lowest BCUT2D eigenvalue weighted by atomic mass is 10.1. The summed E-state index contributed by atoms with van der Waals surface area (Å²) in [6.45, 7) is 2.88. The molecule has 1 fully saturated rings. The Morgan fingerprint density at radius 3 is 2.25 bits per heavy atom. The largest absolute Gasteiger partial charge is 0.496 e. The van der Waals surface area contributed by atoms with Gasteiger partial charge in [0.15, 0.2) is 0 Å². The monoisotopic (exact) mass is 404 g/mol. The summed E-state index contributed by atoms with van der Waals surface area (Å²) in [6.07, 6.45) is 1.71. The average molecular weight is 404 g/mol. The molecule has 1 amide bonds. The first kappa shape index (κ1) is 20.2. The number of nitrogens with zero attached hydrogens (tertiary/aromatic N) is 1. The summed E-state index contributed by atoms with van der Waals surface area (Å²) in [5.74, 6) is 0.714. The topological polar surface area (TPSA) is 84.9 Å². The van der Waals surface area contributed by atoms with E-state index in [2.05, 4.69) is 5.32 Å². The van der Waals surface area contributed by atoms with Crippen molar-refractivity contribution in [1.29, 1.82) is 0 Å². The summed E-state index contributed by atoms with van der Waals surface area (Å²) >= 11 is 0. The van der Waals surface area contributed by atoms with Gasteiger partial charge in [-0.1, -0.05) is 0 Å². The summed E-state index contributed by atoms with van der Waals surface area (Å²) in [4.78, 5) is 12.8. The molecule has 1 aliphatic rings. The summed E-state index contributed by atoms with van der Waals surface area (Å²) < 4.78 is 37.6. The maximum absolute atomic E-state index is 12.8. The van der Waals surface area contributed by atoms with Crippen LogP contribution in [-0.2, 0) is 10.0 Å². The van der Waals surface area contributed by atoms with Crippen LogP contribution in [0.15, 0.2) is 41.3 Å². The highest BCUT2D eigenvalue weighted by Crippen LogP contribution is 2.30. The minimum atomic E-state index is -3.59. The Kier molecular flexibility index (Phi) is 5.90. The fourth-order valence-electron chi connectivity index (χ4n) is 3.24. The van der Waals surface area contributed by atoms with E-state index in [0.29, 0.717) is 35.8 Å². The van der Waals surface area contributed by atoms with E-state index in [1.165, 1.54) is 23.5 Å². The van der Waals surface area contributed by atoms with E-state index in [0.717, 1.165) is 18.4 Å². The molecule has 7 nitrogen and oxygen atoms in total. The zero-order chi connectivity index (χ0) is 20.3. The molecule has 0 aliphatic carbocycles. The molecule has 0 atom stereocenters. The number of amides is 1. The Morgan fingerprint density at radius 1 is 1.00 bits per heavy atom. The number of anilines is 1. The molecule has 0 radical (unpaired) electrons. The van der Waals surface area contributed by atoms with Crippen LogP contribution in [-0.4, -0.2) is 45.9 Å². The van der Waals surface area contributed by atoms with Crippen molar-refractivity contribution in [3.05, 3.63) is 47.5 Å². The third-order valence-electron chi connectivity index (χ3n) is 4.78. The quantitative estimate of drug-likeness (QED) is 0.800. The molecule has 0 unspecified atom stereocenters. The Labute approximate surface area is 165 Å². The van der Waals surface area contributed by atoms with Gasteiger partial charge < -0.3 is 14.8 Å². The van der Waals surface area contributed by atoms with Crippen LogP contribution in [0.4, 0.5) is 5.69 Å². The lowest BCUT2D eigenvalue weighted by Crippen LogP contribution is -2.28. The number of hydrogen-bond donors (Lipinski definition) is 1. The fraction of sp³-hybridized carbons (Fsp3) is 0.350. The highest BCUT2D eigenvalue weighted by molar-refractivity contribution is 7.89. The minimum absolute atomic E-state index is 0.136. The van der Waals surface area contributed by atoms with Crippen LogP contribution in [0, 0.1) is 6.92 Å². The molecule has 1 aliphatic heterocycles. The molecule has 3 rings (SSSR count). The van der Waals surface area contributed by atoms with Gasteiger partial charge in [0, 0.05) is 18.7 Å². The zero-order valence-electron chi connectivity index (χ0n) is 16.2. The van der Waals surface area contributed by atoms with Crippen LogP contribution in [0.1, 0.15) is 28.8 Å². The van der Waals surface area contributed by atoms with Crippen molar-refractivity contribution < 1.29 is 22.7 Å². The number of benzene rings is 2. The number of hydrogen-bond acceptors (Lipinski definition) is 5. The maximum Gasteiger partial charge on any atom is 0.255 e. The number of carbonyl (C=O) groups is 1. The van der Waals surface area contributed by atoms with Crippen LogP contribution in [0.2, 0.25) is 0 Å². The predicted molar refractivity (Wildman–Crippen MR) is 107 cm³/mol. The Bertz CT molecular complexity index is 982. The average Bonchev–Trinajstić information content (AvgIpc) is 3.23. The normalized spacial score (nSPS) is 14.7. The van der Waals surface area contributed by atoms with Crippen molar-refractivity contribution in [2.24, 2.45) is 0 Å². The third kappa shape index (κ3) is 3.98. The zero-order valence-corrected chi connectivity index (χ0v) is 17.0. The Hall–Kier alpha value is -2.58. The van der Waals surface area contributed by atoms with Gasteiger partial charge in [-0.25, -0.2) is 8.42 Å². The maximum atomic E-state index is 12.8. The van der Waals surface area contributed by atoms with Crippen molar-refractivity contribution in [1.82, 2.24) is 4.31 Å². The summed E-state index contributed by atoms with van der Waals surface area (Å²) in [5.41, 5.74) is 1.57. The van der Waals surface area contributed by atoms with E-state index < -0.39 is 10.0 Å². The molecule has 150 valence electrons. The highest BCUT2D eigenvalue weighted by Gasteiger charge is 2.28. The molecular formula is C20H24N2O5S. The molecule has 1 heterocycles. The Morgan fingerprint density at radius 2 is 1.64 bits per heavy atom. The van der Waals surface area contributed by atoms with Crippen LogP contribution in [0.3, 0.4) is 0 Å². The standard InChI is InChI=1S/C20H24N2O5S/c1-14-12-15(6-8-18(14)26-2)20(23)21-17-13-16(7-9-19(17)27-3)28(24,25)22-10-4-5-11-22/h6-9,12-13H,4-5,10-11H2,1-3H3,(H,21,23). The van der Waals surface area contributed by atoms with Crippen LogP contribution < -0.4 is 14.8 Å². The molecule has 0 spiro atoms. The molecule has 0 saturated carbocycles. The van der Waals surface area contributed by atoms with Crippen molar-refractivity contribution in [3.63, 3.8) is 0 Å². The predicted octanol–water partition coefficient (Wildman–Crippen LogP) is 3.05. The first-order chi connectivity index (χ1) is 13.4. The molecule has 2 aromatic carbocycles. The van der Waals surface area contributed by atoms with Crippen LogP contribution in [0.5, 0.6) is 11.5 Å². The van der Waals surface area contributed by atoms with Crippen LogP contribution in [0.25, 0.3) is 0 Å². The van der Waals surface area contributed by atoms with Gasteiger partial charge in [0.25, 0.3) is 5.91 Å². The van der Waals surface area contributed by atoms with Crippen molar-refractivity contribution in [2.45, 2.75) is 24.7 Å². The molecule has 1 N–H and O–H groups in total. The number of sulfonamides is 1. The number of ether oxygens (including phenoxy) is 2. The van der Waals surface area contributed by atoms with E-state index >= 15 is 0 Å². The number of rotatable bonds is 6. The lowest BCUT2D eigenvalue weighted by Gasteiger charge is -2.17. The van der Waals surface area contributed by atoms with Gasteiger partial charge in [-0.15, -0.1) is 0 Å². The van der Waals surface area contributed by atoms with Gasteiger partial charge in [0.1, 0.15) is 11.5 Å². The number of carbonyl (C=O) groups excluding carboxylic acids is 1. The van der Waals surface area contributed by atoms with Crippen molar-refractivity contribution in [3.8, 4) is 11.5 Å². The number of methoxy groups -OCH3 is 2. The second-order valence-corrected chi connectivity index (χ2v) is 8.55. The molecule has 2 aromatic rings. The highest BCUT2D eigenvalue weighted by atomic mass is 32.2. The number of aryl methyl sites for hydroxylation is 1. The molecule has 8 heteroatoms. The van der Waals surface area contributed by atoms with E-state index in [-0.39, 0.29) is 10.8 Å². The lowest BCUT2D eigenvalue weighted by molar-refractivity contribution is 0.102. The summed E-state index contributed by atoms with van der Waals surface area (Å²) in [5, 5.41) is 2.76. The summed E-state index contributed by atoms with van der Waals surface area (Å²) in [6, 6.07) is 9.58. The first-order valence-corrected chi connectivity index (χ1v) is 10.4. The van der Waals surface area contributed by atoms with Crippen molar-refractivity contribution in [2.75, 3.05) is 32.6 Å². The van der Waals surface area contributed by atoms with Gasteiger partial charge in [-0.3, -0.25) is 4.79 Å². The smallest absolute Gasteiger partial charge is 0.255 e. The SMILES string of the molecule is COc1ccc(C(=O)Nc2cc(S(=O)(=O)N3CCCC3)ccc2OC)cc1C. The van der Waals surface area contributed by atoms with Gasteiger partial charge >= 0.3 is 0 Å². The van der Waals surface area contributed by atoms with Gasteiger partial charge in [-0.2, -0.15) is 4.31 Å². The molecule has 0 bridgehead atoms. The van der Waals surface area contributed by atoms with Crippen molar-refractivity contribution >= 4 is 21.6 Å². The molecular weight excluding hydrogens is 380 g/mol. The van der Waals surface area contributed by atoms with E-state index in [1.54, 1.807) is 31.4 Å². The molecule has 1 saturated heterocycles. The van der Waals surface area contributed by atoms with Gasteiger partial charge in [0.05, 0.1) is 24.8 Å².